The molecule has 0 aromatic heterocycles. The predicted octanol–water partition coefficient (Wildman–Crippen LogP) is 3.27. The molecule has 0 saturated heterocycles. The minimum atomic E-state index is -0.690. The van der Waals surface area contributed by atoms with Gasteiger partial charge in [-0.1, -0.05) is 12.5 Å². The summed E-state index contributed by atoms with van der Waals surface area (Å²) in [6.45, 7) is 5.27. The first-order chi connectivity index (χ1) is 9.52. The number of hydrogen-bond donors (Lipinski definition) is 1. The van der Waals surface area contributed by atoms with Crippen LogP contribution in [-0.4, -0.2) is 23.1 Å². The van der Waals surface area contributed by atoms with Gasteiger partial charge < -0.3 is 10.0 Å². The highest BCUT2D eigenvalue weighted by molar-refractivity contribution is 5.64. The highest BCUT2D eigenvalue weighted by atomic mass is 16.6. The Morgan fingerprint density at radius 2 is 2.20 bits per heavy atom. The maximum atomic E-state index is 11.3. The van der Waals surface area contributed by atoms with Crippen molar-refractivity contribution >= 4 is 11.4 Å². The normalized spacial score (nSPS) is 16.6. The molecule has 1 fully saturated rings. The maximum absolute atomic E-state index is 11.3. The molecule has 1 saturated carbocycles. The van der Waals surface area contributed by atoms with Gasteiger partial charge in [0.05, 0.1) is 11.0 Å². The summed E-state index contributed by atoms with van der Waals surface area (Å²) < 4.78 is 0. The smallest absolute Gasteiger partial charge is 0.292 e. The second kappa shape index (κ2) is 6.22. The summed E-state index contributed by atoms with van der Waals surface area (Å²) in [5.74, 6) is 0.658. The molecule has 1 aromatic carbocycles. The van der Waals surface area contributed by atoms with E-state index in [9.17, 15) is 15.2 Å². The molecule has 0 aliphatic heterocycles. The fourth-order valence-electron chi connectivity index (χ4n) is 2.60. The Hall–Kier alpha value is -1.62. The third-order valence-corrected chi connectivity index (χ3v) is 4.10. The molecule has 0 unspecified atom stereocenters. The first-order valence-electron chi connectivity index (χ1n) is 7.24. The molecular formula is C15H22N2O3. The van der Waals surface area contributed by atoms with Gasteiger partial charge in [0, 0.05) is 19.2 Å². The van der Waals surface area contributed by atoms with Gasteiger partial charge in [-0.25, -0.2) is 0 Å². The summed E-state index contributed by atoms with van der Waals surface area (Å²) in [6, 6.07) is 5.03. The number of benzene rings is 1. The molecule has 0 bridgehead atoms. The molecule has 1 atom stereocenters. The van der Waals surface area contributed by atoms with E-state index in [-0.39, 0.29) is 10.6 Å². The quantitative estimate of drug-likeness (QED) is 0.640. The van der Waals surface area contributed by atoms with Crippen molar-refractivity contribution in [1.29, 1.82) is 0 Å². The Labute approximate surface area is 119 Å². The van der Waals surface area contributed by atoms with Gasteiger partial charge >= 0.3 is 0 Å². The van der Waals surface area contributed by atoms with E-state index in [0.29, 0.717) is 17.2 Å². The summed E-state index contributed by atoms with van der Waals surface area (Å²) in [6.07, 6.45) is 3.02. The number of nitro groups is 1. The highest BCUT2D eigenvalue weighted by Gasteiger charge is 2.25. The van der Waals surface area contributed by atoms with Gasteiger partial charge in [0.25, 0.3) is 5.69 Å². The van der Waals surface area contributed by atoms with Crippen LogP contribution in [0, 0.1) is 16.0 Å². The van der Waals surface area contributed by atoms with Crippen molar-refractivity contribution in [3.8, 4) is 0 Å². The van der Waals surface area contributed by atoms with Crippen molar-refractivity contribution in [3.63, 3.8) is 0 Å². The highest BCUT2D eigenvalue weighted by Crippen LogP contribution is 2.34. The van der Waals surface area contributed by atoms with Crippen molar-refractivity contribution in [2.45, 2.75) is 39.2 Å². The van der Waals surface area contributed by atoms with Gasteiger partial charge in [0.1, 0.15) is 5.69 Å². The maximum Gasteiger partial charge on any atom is 0.292 e. The number of hydrogen-bond acceptors (Lipinski definition) is 4. The fourth-order valence-corrected chi connectivity index (χ4v) is 2.60. The molecule has 1 aromatic rings. The monoisotopic (exact) mass is 278 g/mol. The number of aliphatic hydroxyl groups excluding tert-OH is 1. The Kier molecular flexibility index (Phi) is 4.60. The van der Waals surface area contributed by atoms with Crippen LogP contribution in [0.1, 0.15) is 44.8 Å². The Morgan fingerprint density at radius 3 is 2.65 bits per heavy atom. The van der Waals surface area contributed by atoms with Gasteiger partial charge in [0.2, 0.25) is 0 Å². The van der Waals surface area contributed by atoms with E-state index in [2.05, 4.69) is 4.90 Å². The van der Waals surface area contributed by atoms with Gasteiger partial charge in [-0.05, 0) is 44.2 Å². The van der Waals surface area contributed by atoms with Crippen molar-refractivity contribution in [3.05, 3.63) is 33.9 Å². The van der Waals surface area contributed by atoms with E-state index in [1.807, 2.05) is 6.92 Å². The van der Waals surface area contributed by atoms with Gasteiger partial charge in [0.15, 0.2) is 0 Å². The molecule has 1 aliphatic carbocycles. The second-order valence-electron chi connectivity index (χ2n) is 5.52. The fraction of sp³-hybridized carbons (Fsp3) is 0.600. The van der Waals surface area contributed by atoms with Crippen LogP contribution in [0.5, 0.6) is 0 Å². The van der Waals surface area contributed by atoms with Crippen molar-refractivity contribution < 1.29 is 10.0 Å². The SMILES string of the molecule is CCN(CC1CCC1)c1ccc([C@H](C)O)cc1[N+](=O)[O-]. The third-order valence-electron chi connectivity index (χ3n) is 4.10. The lowest BCUT2D eigenvalue weighted by Crippen LogP contribution is -2.32. The summed E-state index contributed by atoms with van der Waals surface area (Å²) in [7, 11) is 0. The van der Waals surface area contributed by atoms with Crippen LogP contribution >= 0.6 is 0 Å². The van der Waals surface area contributed by atoms with Crippen molar-refractivity contribution in [2.75, 3.05) is 18.0 Å². The molecule has 0 amide bonds. The van der Waals surface area contributed by atoms with E-state index >= 15 is 0 Å². The predicted molar refractivity (Wildman–Crippen MR) is 79.0 cm³/mol. The number of rotatable bonds is 6. The largest absolute Gasteiger partial charge is 0.389 e. The molecule has 0 radical (unpaired) electrons. The molecule has 1 aliphatic rings. The zero-order valence-electron chi connectivity index (χ0n) is 12.1. The summed E-state index contributed by atoms with van der Waals surface area (Å²) >= 11 is 0. The van der Waals surface area contributed by atoms with Crippen molar-refractivity contribution in [1.82, 2.24) is 0 Å². The van der Waals surface area contributed by atoms with Crippen LogP contribution in [0.4, 0.5) is 11.4 Å². The lowest BCUT2D eigenvalue weighted by Gasteiger charge is -2.33. The number of nitrogens with zero attached hydrogens (tertiary/aromatic N) is 2. The lowest BCUT2D eigenvalue weighted by atomic mass is 9.85. The summed E-state index contributed by atoms with van der Waals surface area (Å²) in [5.41, 5.74) is 1.33. The average Bonchev–Trinajstić information content (AvgIpc) is 2.37. The second-order valence-corrected chi connectivity index (χ2v) is 5.52. The van der Waals surface area contributed by atoms with Crippen LogP contribution in [0.3, 0.4) is 0 Å². The Balaban J connectivity index is 2.29. The Bertz CT molecular complexity index is 484. The first kappa shape index (κ1) is 14.8. The number of aliphatic hydroxyl groups is 1. The number of anilines is 1. The van der Waals surface area contributed by atoms with Crippen LogP contribution in [0.15, 0.2) is 18.2 Å². The standard InChI is InChI=1S/C15H22N2O3/c1-3-16(10-12-5-4-6-12)14-8-7-13(11(2)18)9-15(14)17(19)20/h7-9,11-12,18H,3-6,10H2,1-2H3/t11-/m0/s1. The molecule has 5 nitrogen and oxygen atoms in total. The van der Waals surface area contributed by atoms with Gasteiger partial charge in [-0.2, -0.15) is 0 Å². The summed E-state index contributed by atoms with van der Waals surface area (Å²) in [4.78, 5) is 13.0. The van der Waals surface area contributed by atoms with E-state index in [0.717, 1.165) is 13.1 Å². The molecule has 110 valence electrons. The molecule has 0 spiro atoms. The zero-order valence-corrected chi connectivity index (χ0v) is 12.1. The zero-order chi connectivity index (χ0) is 14.7. The average molecular weight is 278 g/mol. The third kappa shape index (κ3) is 3.10. The molecular weight excluding hydrogens is 256 g/mol. The van der Waals surface area contributed by atoms with E-state index < -0.39 is 6.10 Å². The van der Waals surface area contributed by atoms with Crippen LogP contribution in [-0.2, 0) is 0 Å². The van der Waals surface area contributed by atoms with Gasteiger partial charge in [-0.15, -0.1) is 0 Å². The Morgan fingerprint density at radius 1 is 1.50 bits per heavy atom. The lowest BCUT2D eigenvalue weighted by molar-refractivity contribution is -0.384. The number of nitro benzene ring substituents is 1. The van der Waals surface area contributed by atoms with E-state index in [4.69, 9.17) is 0 Å². The van der Waals surface area contributed by atoms with E-state index in [1.165, 1.54) is 25.3 Å². The van der Waals surface area contributed by atoms with Crippen molar-refractivity contribution in [2.24, 2.45) is 5.92 Å². The van der Waals surface area contributed by atoms with Crippen LogP contribution in [0.2, 0.25) is 0 Å². The minimum absolute atomic E-state index is 0.0876. The molecule has 20 heavy (non-hydrogen) atoms. The molecule has 5 heteroatoms. The van der Waals surface area contributed by atoms with Gasteiger partial charge in [-0.3, -0.25) is 10.1 Å². The first-order valence-corrected chi connectivity index (χ1v) is 7.24. The minimum Gasteiger partial charge on any atom is -0.389 e. The summed E-state index contributed by atoms with van der Waals surface area (Å²) in [5, 5.41) is 20.9. The molecule has 2 rings (SSSR count). The van der Waals surface area contributed by atoms with E-state index in [1.54, 1.807) is 19.1 Å². The molecule has 1 N–H and O–H groups in total. The van der Waals surface area contributed by atoms with Crippen LogP contribution in [0.25, 0.3) is 0 Å². The molecule has 0 heterocycles. The van der Waals surface area contributed by atoms with Crippen LogP contribution < -0.4 is 4.90 Å². The topological polar surface area (TPSA) is 66.6 Å².